The SMILES string of the molecule is CCCn1nnnc1CN(C1CC1)C(C)c1ccc2ccccc2c1. The minimum atomic E-state index is 0.351. The number of nitrogens with zero attached hydrogens (tertiary/aromatic N) is 5. The van der Waals surface area contributed by atoms with E-state index in [1.165, 1.54) is 29.2 Å². The van der Waals surface area contributed by atoms with Crippen molar-refractivity contribution in [1.29, 1.82) is 0 Å². The Kier molecular flexibility index (Phi) is 4.49. The number of hydrogen-bond donors (Lipinski definition) is 0. The van der Waals surface area contributed by atoms with Gasteiger partial charge < -0.3 is 0 Å². The third-order valence-corrected chi connectivity index (χ3v) is 5.13. The van der Waals surface area contributed by atoms with Crippen molar-refractivity contribution in [2.24, 2.45) is 0 Å². The quantitative estimate of drug-likeness (QED) is 0.655. The van der Waals surface area contributed by atoms with Gasteiger partial charge in [0.15, 0.2) is 5.82 Å². The van der Waals surface area contributed by atoms with Crippen molar-refractivity contribution in [3.8, 4) is 0 Å². The van der Waals surface area contributed by atoms with Gasteiger partial charge in [0, 0.05) is 18.6 Å². The molecule has 1 atom stereocenters. The summed E-state index contributed by atoms with van der Waals surface area (Å²) in [4.78, 5) is 2.56. The lowest BCUT2D eigenvalue weighted by Gasteiger charge is -2.29. The fourth-order valence-corrected chi connectivity index (χ4v) is 3.53. The van der Waals surface area contributed by atoms with E-state index in [1.54, 1.807) is 0 Å². The van der Waals surface area contributed by atoms with Gasteiger partial charge in [-0.2, -0.15) is 0 Å². The molecule has 25 heavy (non-hydrogen) atoms. The Hall–Kier alpha value is -2.27. The summed E-state index contributed by atoms with van der Waals surface area (Å²) >= 11 is 0. The van der Waals surface area contributed by atoms with Crippen molar-refractivity contribution in [3.05, 3.63) is 53.9 Å². The van der Waals surface area contributed by atoms with E-state index in [1.807, 2.05) is 4.68 Å². The van der Waals surface area contributed by atoms with Gasteiger partial charge in [-0.15, -0.1) is 5.10 Å². The molecule has 0 aliphatic heterocycles. The van der Waals surface area contributed by atoms with Crippen LogP contribution >= 0.6 is 0 Å². The molecule has 1 unspecified atom stereocenters. The van der Waals surface area contributed by atoms with E-state index in [2.05, 4.69) is 76.7 Å². The molecule has 0 radical (unpaired) electrons. The number of benzene rings is 2. The van der Waals surface area contributed by atoms with Crippen LogP contribution in [0.25, 0.3) is 10.8 Å². The number of aromatic nitrogens is 4. The fourth-order valence-electron chi connectivity index (χ4n) is 3.53. The summed E-state index contributed by atoms with van der Waals surface area (Å²) in [5.74, 6) is 0.974. The van der Waals surface area contributed by atoms with Crippen molar-refractivity contribution >= 4 is 10.8 Å². The summed E-state index contributed by atoms with van der Waals surface area (Å²) in [6.45, 7) is 6.15. The van der Waals surface area contributed by atoms with E-state index in [4.69, 9.17) is 0 Å². The Morgan fingerprint density at radius 3 is 2.72 bits per heavy atom. The van der Waals surface area contributed by atoms with Crippen LogP contribution in [0, 0.1) is 0 Å². The molecule has 0 bridgehead atoms. The van der Waals surface area contributed by atoms with Crippen LogP contribution in [0.1, 0.15) is 50.5 Å². The zero-order chi connectivity index (χ0) is 17.2. The molecule has 1 aliphatic carbocycles. The highest BCUT2D eigenvalue weighted by atomic mass is 15.5. The highest BCUT2D eigenvalue weighted by Crippen LogP contribution is 2.36. The summed E-state index contributed by atoms with van der Waals surface area (Å²) in [6, 6.07) is 16.4. The molecule has 1 saturated carbocycles. The molecule has 1 heterocycles. The number of hydrogen-bond acceptors (Lipinski definition) is 4. The Balaban J connectivity index is 1.60. The van der Waals surface area contributed by atoms with Crippen LogP contribution < -0.4 is 0 Å². The van der Waals surface area contributed by atoms with E-state index in [9.17, 15) is 0 Å². The second-order valence-corrected chi connectivity index (χ2v) is 7.00. The second-order valence-electron chi connectivity index (χ2n) is 7.00. The lowest BCUT2D eigenvalue weighted by atomic mass is 10.0. The zero-order valence-electron chi connectivity index (χ0n) is 15.0. The minimum Gasteiger partial charge on any atom is -0.286 e. The van der Waals surface area contributed by atoms with Crippen molar-refractivity contribution in [2.45, 2.75) is 58.3 Å². The summed E-state index contributed by atoms with van der Waals surface area (Å²) in [5, 5.41) is 14.9. The van der Waals surface area contributed by atoms with E-state index < -0.39 is 0 Å². The van der Waals surface area contributed by atoms with Crippen LogP contribution in [-0.4, -0.2) is 31.1 Å². The molecule has 1 fully saturated rings. The molecular formula is C20H25N5. The van der Waals surface area contributed by atoms with Gasteiger partial charge in [-0.3, -0.25) is 4.90 Å². The zero-order valence-corrected chi connectivity index (χ0v) is 15.0. The van der Waals surface area contributed by atoms with Gasteiger partial charge in [-0.1, -0.05) is 43.3 Å². The fraction of sp³-hybridized carbons (Fsp3) is 0.450. The molecule has 5 heteroatoms. The van der Waals surface area contributed by atoms with Gasteiger partial charge in [-0.05, 0) is 59.0 Å². The second kappa shape index (κ2) is 6.92. The molecule has 0 amide bonds. The van der Waals surface area contributed by atoms with Gasteiger partial charge in [0.1, 0.15) is 0 Å². The average molecular weight is 335 g/mol. The first-order valence-electron chi connectivity index (χ1n) is 9.25. The van der Waals surface area contributed by atoms with Crippen LogP contribution in [-0.2, 0) is 13.1 Å². The molecule has 130 valence electrons. The first-order valence-corrected chi connectivity index (χ1v) is 9.25. The average Bonchev–Trinajstić information content (AvgIpc) is 3.40. The highest BCUT2D eigenvalue weighted by Gasteiger charge is 2.33. The Morgan fingerprint density at radius 1 is 1.16 bits per heavy atom. The maximum absolute atomic E-state index is 4.27. The minimum absolute atomic E-state index is 0.351. The first kappa shape index (κ1) is 16.2. The number of tetrazole rings is 1. The standard InChI is InChI=1S/C20H25N5/c1-3-12-25-20(21-22-23-25)14-24(19-10-11-19)15(2)17-9-8-16-6-4-5-7-18(16)13-17/h4-9,13,15,19H,3,10-12,14H2,1-2H3. The van der Waals surface area contributed by atoms with Gasteiger partial charge in [0.05, 0.1) is 6.54 Å². The highest BCUT2D eigenvalue weighted by molar-refractivity contribution is 5.83. The Labute approximate surface area is 148 Å². The number of fused-ring (bicyclic) bond motifs is 1. The smallest absolute Gasteiger partial charge is 0.165 e. The van der Waals surface area contributed by atoms with Crippen LogP contribution in [0.5, 0.6) is 0 Å². The number of rotatable bonds is 7. The van der Waals surface area contributed by atoms with Gasteiger partial charge in [-0.25, -0.2) is 4.68 Å². The Morgan fingerprint density at radius 2 is 1.96 bits per heavy atom. The summed E-state index contributed by atoms with van der Waals surface area (Å²) in [6.07, 6.45) is 3.59. The van der Waals surface area contributed by atoms with Gasteiger partial charge in [0.2, 0.25) is 0 Å². The number of aryl methyl sites for hydroxylation is 1. The lowest BCUT2D eigenvalue weighted by molar-refractivity contribution is 0.182. The summed E-state index contributed by atoms with van der Waals surface area (Å²) < 4.78 is 1.95. The monoisotopic (exact) mass is 335 g/mol. The molecule has 5 nitrogen and oxygen atoms in total. The van der Waals surface area contributed by atoms with Crippen molar-refractivity contribution in [1.82, 2.24) is 25.1 Å². The molecule has 3 aromatic rings. The topological polar surface area (TPSA) is 46.8 Å². The third kappa shape index (κ3) is 3.42. The first-order chi connectivity index (χ1) is 12.3. The van der Waals surface area contributed by atoms with Crippen LogP contribution in [0.2, 0.25) is 0 Å². The molecule has 1 aromatic heterocycles. The predicted molar refractivity (Wildman–Crippen MR) is 99.0 cm³/mol. The van der Waals surface area contributed by atoms with Crippen LogP contribution in [0.3, 0.4) is 0 Å². The van der Waals surface area contributed by atoms with Crippen molar-refractivity contribution in [2.75, 3.05) is 0 Å². The summed E-state index contributed by atoms with van der Waals surface area (Å²) in [5.41, 5.74) is 1.36. The molecule has 0 N–H and O–H groups in total. The maximum atomic E-state index is 4.27. The third-order valence-electron chi connectivity index (χ3n) is 5.13. The molecule has 4 rings (SSSR count). The summed E-state index contributed by atoms with van der Waals surface area (Å²) in [7, 11) is 0. The maximum Gasteiger partial charge on any atom is 0.165 e. The van der Waals surface area contributed by atoms with E-state index in [-0.39, 0.29) is 0 Å². The van der Waals surface area contributed by atoms with Crippen molar-refractivity contribution in [3.63, 3.8) is 0 Å². The molecule has 0 saturated heterocycles. The van der Waals surface area contributed by atoms with Gasteiger partial charge in [0.25, 0.3) is 0 Å². The van der Waals surface area contributed by atoms with E-state index >= 15 is 0 Å². The molecule has 1 aliphatic rings. The molecular weight excluding hydrogens is 310 g/mol. The lowest BCUT2D eigenvalue weighted by Crippen LogP contribution is -2.30. The molecule has 0 spiro atoms. The van der Waals surface area contributed by atoms with Crippen LogP contribution in [0.15, 0.2) is 42.5 Å². The van der Waals surface area contributed by atoms with E-state index in [0.717, 1.165) is 25.3 Å². The largest absolute Gasteiger partial charge is 0.286 e. The predicted octanol–water partition coefficient (Wildman–Crippen LogP) is 3.96. The normalized spacial score (nSPS) is 15.8. The Bertz CT molecular complexity index is 852. The van der Waals surface area contributed by atoms with E-state index in [0.29, 0.717) is 12.1 Å². The van der Waals surface area contributed by atoms with Gasteiger partial charge >= 0.3 is 0 Å². The molecule has 2 aromatic carbocycles. The van der Waals surface area contributed by atoms with Crippen molar-refractivity contribution < 1.29 is 0 Å². The van der Waals surface area contributed by atoms with Crippen LogP contribution in [0.4, 0.5) is 0 Å².